The average molecular weight is 413 g/mol. The highest BCUT2D eigenvalue weighted by Crippen LogP contribution is 2.30. The Morgan fingerprint density at radius 3 is 2.39 bits per heavy atom. The molecule has 2 atom stereocenters. The molecule has 3 amide bonds. The fourth-order valence-corrected chi connectivity index (χ4v) is 3.80. The van der Waals surface area contributed by atoms with Crippen molar-refractivity contribution in [3.8, 4) is 0 Å². The molecule has 28 heavy (non-hydrogen) atoms. The zero-order valence-corrected chi connectivity index (χ0v) is 17.0. The Morgan fingerprint density at radius 2 is 1.82 bits per heavy atom. The molecule has 2 unspecified atom stereocenters. The second kappa shape index (κ2) is 12.1. The number of hydrogen-bond acceptors (Lipinski definition) is 7. The second-order valence-corrected chi connectivity index (χ2v) is 7.59. The van der Waals surface area contributed by atoms with E-state index in [1.54, 1.807) is 4.90 Å². The van der Waals surface area contributed by atoms with Gasteiger partial charge in [0, 0.05) is 38.2 Å². The Balaban J connectivity index is 2.79. The minimum atomic E-state index is -0.719. The molecule has 0 aromatic rings. The summed E-state index contributed by atoms with van der Waals surface area (Å²) in [6.07, 6.45) is 2.62. The van der Waals surface area contributed by atoms with Gasteiger partial charge in [-0.1, -0.05) is 37.1 Å². The van der Waals surface area contributed by atoms with Gasteiger partial charge in [-0.15, -0.1) is 0 Å². The number of ether oxygens (including phenoxy) is 2. The third-order valence-electron chi connectivity index (χ3n) is 3.79. The van der Waals surface area contributed by atoms with Crippen molar-refractivity contribution in [3.05, 3.63) is 25.3 Å². The Kier molecular flexibility index (Phi) is 10.1. The van der Waals surface area contributed by atoms with Crippen LogP contribution in [0.1, 0.15) is 26.7 Å². The van der Waals surface area contributed by atoms with Gasteiger partial charge in [0.25, 0.3) is 0 Å². The summed E-state index contributed by atoms with van der Waals surface area (Å²) in [7, 11) is 0. The smallest absolute Gasteiger partial charge is 0.428 e. The van der Waals surface area contributed by atoms with Crippen molar-refractivity contribution in [1.29, 1.82) is 0 Å². The number of hydrazine groups is 1. The number of nitrogens with zero attached hydrogens (tertiary/aromatic N) is 2. The number of carbonyl (C=O) groups excluding carboxylic acids is 4. The molecule has 0 aromatic carbocycles. The zero-order valence-electron chi connectivity index (χ0n) is 16.2. The average Bonchev–Trinajstić information content (AvgIpc) is 3.02. The lowest BCUT2D eigenvalue weighted by atomic mass is 10.1. The molecule has 1 saturated heterocycles. The molecule has 9 nitrogen and oxygen atoms in total. The zero-order chi connectivity index (χ0) is 21.1. The van der Waals surface area contributed by atoms with E-state index >= 15 is 0 Å². The first-order valence-electron chi connectivity index (χ1n) is 8.82. The molecule has 0 aliphatic carbocycles. The summed E-state index contributed by atoms with van der Waals surface area (Å²) in [5, 5.41) is 0.975. The lowest BCUT2D eigenvalue weighted by Gasteiger charge is -2.27. The molecule has 1 aliphatic heterocycles. The van der Waals surface area contributed by atoms with Crippen LogP contribution in [0.25, 0.3) is 0 Å². The molecule has 0 aromatic heterocycles. The molecule has 156 valence electrons. The second-order valence-electron chi connectivity index (χ2n) is 6.11. The molecule has 1 fully saturated rings. The highest BCUT2D eigenvalue weighted by molar-refractivity contribution is 8.14. The monoisotopic (exact) mass is 413 g/mol. The number of rotatable bonds is 8. The Morgan fingerprint density at radius 1 is 1.18 bits per heavy atom. The van der Waals surface area contributed by atoms with Crippen molar-refractivity contribution >= 4 is 35.0 Å². The minimum Gasteiger partial charge on any atom is -0.445 e. The maximum absolute atomic E-state index is 12.3. The number of hydrogen-bond donors (Lipinski definition) is 1. The van der Waals surface area contributed by atoms with Gasteiger partial charge in [-0.2, -0.15) is 0 Å². The van der Waals surface area contributed by atoms with Gasteiger partial charge in [0.05, 0.1) is 0 Å². The Labute approximate surface area is 169 Å². The van der Waals surface area contributed by atoms with E-state index in [4.69, 9.17) is 9.47 Å². The highest BCUT2D eigenvalue weighted by Gasteiger charge is 2.37. The van der Waals surface area contributed by atoms with Crippen LogP contribution in [-0.2, 0) is 19.1 Å². The lowest BCUT2D eigenvalue weighted by molar-refractivity contribution is -0.123. The number of amides is 3. The van der Waals surface area contributed by atoms with Crippen LogP contribution in [0.5, 0.6) is 0 Å². The molecule has 0 radical (unpaired) electrons. The van der Waals surface area contributed by atoms with Crippen LogP contribution in [0, 0.1) is 0 Å². The maximum Gasteiger partial charge on any atom is 0.428 e. The highest BCUT2D eigenvalue weighted by atomic mass is 32.2. The van der Waals surface area contributed by atoms with Gasteiger partial charge in [-0.05, 0) is 12.8 Å². The third kappa shape index (κ3) is 8.03. The van der Waals surface area contributed by atoms with Crippen molar-refractivity contribution in [2.24, 2.45) is 0 Å². The van der Waals surface area contributed by atoms with Crippen LogP contribution in [0.4, 0.5) is 9.59 Å². The van der Waals surface area contributed by atoms with Gasteiger partial charge in [0.15, 0.2) is 5.12 Å². The van der Waals surface area contributed by atoms with Gasteiger partial charge >= 0.3 is 12.2 Å². The first kappa shape index (κ1) is 23.5. The van der Waals surface area contributed by atoms with Crippen molar-refractivity contribution in [2.45, 2.75) is 38.0 Å². The van der Waals surface area contributed by atoms with Crippen LogP contribution in [0.15, 0.2) is 25.3 Å². The summed E-state index contributed by atoms with van der Waals surface area (Å²) in [4.78, 5) is 48.8. The van der Waals surface area contributed by atoms with E-state index in [9.17, 15) is 19.2 Å². The molecule has 1 N–H and O–H groups in total. The van der Waals surface area contributed by atoms with E-state index in [-0.39, 0.29) is 36.2 Å². The van der Waals surface area contributed by atoms with E-state index in [2.05, 4.69) is 18.6 Å². The molecular formula is C18H27N3O6S. The molecule has 0 bridgehead atoms. The molecular weight excluding hydrogens is 386 g/mol. The Hall–Kier alpha value is -2.49. The third-order valence-corrected chi connectivity index (χ3v) is 4.80. The van der Waals surface area contributed by atoms with Crippen molar-refractivity contribution in [3.63, 3.8) is 0 Å². The summed E-state index contributed by atoms with van der Waals surface area (Å²) in [5.41, 5.74) is 2.41. The van der Waals surface area contributed by atoms with Gasteiger partial charge < -0.3 is 14.4 Å². The van der Waals surface area contributed by atoms with E-state index in [0.29, 0.717) is 19.4 Å². The van der Waals surface area contributed by atoms with Gasteiger partial charge in [0.1, 0.15) is 13.2 Å². The lowest BCUT2D eigenvalue weighted by Crippen LogP contribution is -2.48. The van der Waals surface area contributed by atoms with Crippen molar-refractivity contribution < 1.29 is 28.7 Å². The summed E-state index contributed by atoms with van der Waals surface area (Å²) in [6, 6.07) is -0.252. The summed E-state index contributed by atoms with van der Waals surface area (Å²) in [6.45, 7) is 10.3. The van der Waals surface area contributed by atoms with Crippen LogP contribution in [0.3, 0.4) is 0 Å². The number of thioether (sulfide) groups is 1. The Bertz CT molecular complexity index is 612. The molecule has 1 heterocycles. The van der Waals surface area contributed by atoms with Gasteiger partial charge in [0.2, 0.25) is 5.91 Å². The molecule has 0 spiro atoms. The first-order chi connectivity index (χ1) is 13.3. The van der Waals surface area contributed by atoms with Crippen LogP contribution in [0.2, 0.25) is 0 Å². The van der Waals surface area contributed by atoms with E-state index in [1.165, 1.54) is 37.8 Å². The number of carbonyl (C=O) groups is 4. The SMILES string of the molecule is C=CCOC(=O)N(CCC1CC(SC(C)=O)CN1C(=O)OCC=C)NC(C)=O. The standard InChI is InChI=1S/C18H27N3O6S/c1-5-9-26-17(24)20-12-16(28-14(4)23)11-15(20)7-8-21(19-13(3)22)18(25)27-10-6-2/h5-6,15-16H,1-2,7-12H2,3-4H3,(H,19,22). The van der Waals surface area contributed by atoms with Crippen LogP contribution in [-0.4, -0.2) is 70.7 Å². The normalized spacial score (nSPS) is 18.1. The molecule has 1 rings (SSSR count). The largest absolute Gasteiger partial charge is 0.445 e. The topological polar surface area (TPSA) is 105 Å². The fourth-order valence-electron chi connectivity index (χ4n) is 2.77. The summed E-state index contributed by atoms with van der Waals surface area (Å²) < 4.78 is 10.1. The van der Waals surface area contributed by atoms with Crippen LogP contribution < -0.4 is 5.43 Å². The predicted molar refractivity (Wildman–Crippen MR) is 105 cm³/mol. The maximum atomic E-state index is 12.3. The molecule has 10 heteroatoms. The predicted octanol–water partition coefficient (Wildman–Crippen LogP) is 2.10. The van der Waals surface area contributed by atoms with E-state index in [0.717, 1.165) is 5.01 Å². The van der Waals surface area contributed by atoms with Crippen LogP contribution >= 0.6 is 11.8 Å². The quantitative estimate of drug-likeness (QED) is 0.480. The fraction of sp³-hybridized carbons (Fsp3) is 0.556. The first-order valence-corrected chi connectivity index (χ1v) is 9.70. The van der Waals surface area contributed by atoms with E-state index in [1.807, 2.05) is 0 Å². The van der Waals surface area contributed by atoms with Gasteiger partial charge in [-0.3, -0.25) is 15.0 Å². The number of likely N-dealkylation sites (tertiary alicyclic amines) is 1. The summed E-state index contributed by atoms with van der Waals surface area (Å²) >= 11 is 1.18. The van der Waals surface area contributed by atoms with Crippen molar-refractivity contribution in [1.82, 2.24) is 15.3 Å². The van der Waals surface area contributed by atoms with Crippen molar-refractivity contribution in [2.75, 3.05) is 26.3 Å². The van der Waals surface area contributed by atoms with Gasteiger partial charge in [-0.25, -0.2) is 14.6 Å². The number of nitrogens with one attached hydrogen (secondary N) is 1. The molecule has 1 aliphatic rings. The summed E-state index contributed by atoms with van der Waals surface area (Å²) in [5.74, 6) is -0.422. The minimum absolute atomic E-state index is 0.00960. The van der Waals surface area contributed by atoms with E-state index < -0.39 is 18.1 Å². The molecule has 0 saturated carbocycles.